The predicted octanol–water partition coefficient (Wildman–Crippen LogP) is 3.49. The molecule has 0 aliphatic carbocycles. The molecule has 0 unspecified atom stereocenters. The lowest BCUT2D eigenvalue weighted by atomic mass is 10.2. The number of hydrogen-bond donors (Lipinski definition) is 2. The summed E-state index contributed by atoms with van der Waals surface area (Å²) in [4.78, 5) is 18.8. The van der Waals surface area contributed by atoms with Gasteiger partial charge in [-0.2, -0.15) is 0 Å². The highest BCUT2D eigenvalue weighted by molar-refractivity contribution is 5.85. The van der Waals surface area contributed by atoms with Gasteiger partial charge >= 0.3 is 6.09 Å². The number of H-pyrrole nitrogens is 1. The van der Waals surface area contributed by atoms with Crippen LogP contribution in [0.4, 0.5) is 4.79 Å². The predicted molar refractivity (Wildman–Crippen MR) is 84.0 cm³/mol. The Morgan fingerprint density at radius 2 is 2.29 bits per heavy atom. The van der Waals surface area contributed by atoms with Crippen LogP contribution in [0.15, 0.2) is 30.6 Å². The van der Waals surface area contributed by atoms with E-state index in [1.165, 1.54) is 0 Å². The van der Waals surface area contributed by atoms with E-state index in [2.05, 4.69) is 15.3 Å². The number of ether oxygens (including phenoxy) is 1. The maximum atomic E-state index is 11.5. The molecule has 2 rings (SSSR count). The van der Waals surface area contributed by atoms with Gasteiger partial charge in [0.15, 0.2) is 0 Å². The molecule has 0 atom stereocenters. The number of carbonyl (C=O) groups is 1. The maximum absolute atomic E-state index is 11.5. The Balaban J connectivity index is 1.80. The van der Waals surface area contributed by atoms with Crippen LogP contribution in [0.3, 0.4) is 0 Å². The largest absolute Gasteiger partial charge is 0.444 e. The summed E-state index contributed by atoms with van der Waals surface area (Å²) in [6.45, 7) is 6.08. The minimum absolute atomic E-state index is 0.382. The highest BCUT2D eigenvalue weighted by Gasteiger charge is 2.15. The summed E-state index contributed by atoms with van der Waals surface area (Å²) in [7, 11) is 0. The number of aromatic nitrogens is 2. The molecule has 0 saturated carbocycles. The number of alkyl carbamates (subject to hydrolysis) is 1. The van der Waals surface area contributed by atoms with Crippen LogP contribution in [-0.2, 0) is 4.74 Å². The quantitative estimate of drug-likeness (QED) is 0.846. The van der Waals surface area contributed by atoms with Crippen LogP contribution in [0.5, 0.6) is 0 Å². The van der Waals surface area contributed by atoms with Crippen molar-refractivity contribution in [3.05, 3.63) is 36.2 Å². The van der Waals surface area contributed by atoms with E-state index in [1.54, 1.807) is 6.20 Å². The minimum Gasteiger partial charge on any atom is -0.444 e. The Morgan fingerprint density at radius 1 is 1.48 bits per heavy atom. The van der Waals surface area contributed by atoms with Gasteiger partial charge in [0, 0.05) is 29.9 Å². The van der Waals surface area contributed by atoms with Crippen LogP contribution in [-0.4, -0.2) is 28.2 Å². The summed E-state index contributed by atoms with van der Waals surface area (Å²) in [5, 5.41) is 3.82. The monoisotopic (exact) mass is 287 g/mol. The summed E-state index contributed by atoms with van der Waals surface area (Å²) in [6.07, 6.45) is 8.09. The van der Waals surface area contributed by atoms with Crippen molar-refractivity contribution in [3.63, 3.8) is 0 Å². The molecule has 21 heavy (non-hydrogen) atoms. The third kappa shape index (κ3) is 4.63. The lowest BCUT2D eigenvalue weighted by Gasteiger charge is -2.19. The maximum Gasteiger partial charge on any atom is 0.407 e. The number of carbonyl (C=O) groups excluding carboxylic acids is 1. The van der Waals surface area contributed by atoms with Gasteiger partial charge in [0.05, 0.1) is 0 Å². The van der Waals surface area contributed by atoms with Crippen molar-refractivity contribution < 1.29 is 9.53 Å². The lowest BCUT2D eigenvalue weighted by molar-refractivity contribution is 0.0529. The Hall–Kier alpha value is -2.30. The van der Waals surface area contributed by atoms with Gasteiger partial charge < -0.3 is 15.0 Å². The third-order valence-electron chi connectivity index (χ3n) is 2.76. The summed E-state index contributed by atoms with van der Waals surface area (Å²) >= 11 is 0. The molecule has 2 N–H and O–H groups in total. The molecule has 0 aliphatic rings. The van der Waals surface area contributed by atoms with Crippen LogP contribution >= 0.6 is 0 Å². The van der Waals surface area contributed by atoms with Gasteiger partial charge in [0.25, 0.3) is 0 Å². The fourth-order valence-electron chi connectivity index (χ4n) is 1.90. The van der Waals surface area contributed by atoms with Gasteiger partial charge in [-0.05, 0) is 39.3 Å². The summed E-state index contributed by atoms with van der Waals surface area (Å²) in [5.74, 6) is 0. The van der Waals surface area contributed by atoms with Crippen molar-refractivity contribution in [3.8, 4) is 0 Å². The molecular formula is C16H21N3O2. The fraction of sp³-hybridized carbons (Fsp3) is 0.375. The molecule has 0 saturated heterocycles. The van der Waals surface area contributed by atoms with Crippen LogP contribution in [0.2, 0.25) is 0 Å². The van der Waals surface area contributed by atoms with E-state index in [4.69, 9.17) is 4.74 Å². The van der Waals surface area contributed by atoms with Crippen LogP contribution < -0.4 is 5.32 Å². The second-order valence-corrected chi connectivity index (χ2v) is 5.76. The third-order valence-corrected chi connectivity index (χ3v) is 2.76. The van der Waals surface area contributed by atoms with E-state index in [0.717, 1.165) is 23.0 Å². The van der Waals surface area contributed by atoms with E-state index in [1.807, 2.05) is 51.3 Å². The second kappa shape index (κ2) is 6.43. The SMILES string of the molecule is CC(C)(C)OC(=O)NCCC=Cc1c[nH]c2ncccc12. The topological polar surface area (TPSA) is 67.0 Å². The fourth-order valence-corrected chi connectivity index (χ4v) is 1.90. The molecule has 2 aromatic rings. The number of nitrogens with zero attached hydrogens (tertiary/aromatic N) is 1. The first-order valence-electron chi connectivity index (χ1n) is 7.01. The Labute approximate surface area is 124 Å². The average molecular weight is 287 g/mol. The molecule has 0 radical (unpaired) electrons. The van der Waals surface area contributed by atoms with Crippen molar-refractivity contribution in [1.29, 1.82) is 0 Å². The average Bonchev–Trinajstić information content (AvgIpc) is 2.80. The molecule has 0 bridgehead atoms. The highest BCUT2D eigenvalue weighted by Crippen LogP contribution is 2.16. The van der Waals surface area contributed by atoms with Crippen LogP contribution in [0.25, 0.3) is 17.1 Å². The number of fused-ring (bicyclic) bond motifs is 1. The normalized spacial score (nSPS) is 12.0. The zero-order valence-electron chi connectivity index (χ0n) is 12.6. The summed E-state index contributed by atoms with van der Waals surface area (Å²) in [6, 6.07) is 3.94. The van der Waals surface area contributed by atoms with Gasteiger partial charge in [-0.1, -0.05) is 12.2 Å². The van der Waals surface area contributed by atoms with Crippen molar-refractivity contribution in [2.45, 2.75) is 32.8 Å². The second-order valence-electron chi connectivity index (χ2n) is 5.76. The molecule has 0 aliphatic heterocycles. The standard InChI is InChI=1S/C16H21N3O2/c1-16(2,3)21-15(20)18-9-5-4-7-12-11-19-14-13(12)8-6-10-17-14/h4,6-8,10-11H,5,9H2,1-3H3,(H,17,19)(H,18,20). The molecule has 0 spiro atoms. The Bertz CT molecular complexity index is 638. The van der Waals surface area contributed by atoms with E-state index in [0.29, 0.717) is 6.54 Å². The molecule has 2 aromatic heterocycles. The number of amides is 1. The highest BCUT2D eigenvalue weighted by atomic mass is 16.6. The van der Waals surface area contributed by atoms with Crippen molar-refractivity contribution in [2.24, 2.45) is 0 Å². The van der Waals surface area contributed by atoms with Crippen LogP contribution in [0.1, 0.15) is 32.8 Å². The number of hydrogen-bond acceptors (Lipinski definition) is 3. The van der Waals surface area contributed by atoms with Gasteiger partial charge in [-0.15, -0.1) is 0 Å². The molecular weight excluding hydrogens is 266 g/mol. The first-order chi connectivity index (χ1) is 9.96. The molecule has 5 nitrogen and oxygen atoms in total. The number of rotatable bonds is 4. The van der Waals surface area contributed by atoms with Gasteiger partial charge in [-0.25, -0.2) is 9.78 Å². The Kier molecular flexibility index (Phi) is 4.62. The van der Waals surface area contributed by atoms with Crippen LogP contribution in [0, 0.1) is 0 Å². The molecule has 112 valence electrons. The molecule has 0 fully saturated rings. The van der Waals surface area contributed by atoms with E-state index < -0.39 is 5.60 Å². The number of aromatic amines is 1. The van der Waals surface area contributed by atoms with E-state index in [9.17, 15) is 4.79 Å². The van der Waals surface area contributed by atoms with Crippen molar-refractivity contribution >= 4 is 23.2 Å². The smallest absolute Gasteiger partial charge is 0.407 e. The minimum atomic E-state index is -0.461. The zero-order chi connectivity index (χ0) is 15.3. The number of pyridine rings is 1. The summed E-state index contributed by atoms with van der Waals surface area (Å²) < 4.78 is 5.16. The lowest BCUT2D eigenvalue weighted by Crippen LogP contribution is -2.32. The first kappa shape index (κ1) is 15.1. The van der Waals surface area contributed by atoms with Gasteiger partial charge in [0.1, 0.15) is 11.2 Å². The first-order valence-corrected chi connectivity index (χ1v) is 7.01. The van der Waals surface area contributed by atoms with E-state index >= 15 is 0 Å². The number of nitrogens with one attached hydrogen (secondary N) is 2. The summed E-state index contributed by atoms with van der Waals surface area (Å²) in [5.41, 5.74) is 1.51. The zero-order valence-corrected chi connectivity index (χ0v) is 12.6. The molecule has 2 heterocycles. The Morgan fingerprint density at radius 3 is 3.05 bits per heavy atom. The van der Waals surface area contributed by atoms with Crippen molar-refractivity contribution in [1.82, 2.24) is 15.3 Å². The molecule has 0 aromatic carbocycles. The van der Waals surface area contributed by atoms with Crippen molar-refractivity contribution in [2.75, 3.05) is 6.54 Å². The molecule has 1 amide bonds. The van der Waals surface area contributed by atoms with Gasteiger partial charge in [-0.3, -0.25) is 0 Å². The molecule has 5 heteroatoms. The van der Waals surface area contributed by atoms with Gasteiger partial charge in [0.2, 0.25) is 0 Å². The van der Waals surface area contributed by atoms with E-state index in [-0.39, 0.29) is 6.09 Å².